The van der Waals surface area contributed by atoms with E-state index in [0.717, 1.165) is 25.8 Å². The summed E-state index contributed by atoms with van der Waals surface area (Å²) in [4.78, 5) is 14.7. The molecule has 0 radical (unpaired) electrons. The Labute approximate surface area is 121 Å². The molecule has 2 N–H and O–H groups in total. The first-order valence-corrected chi connectivity index (χ1v) is 7.29. The zero-order valence-electron chi connectivity index (χ0n) is 13.0. The van der Waals surface area contributed by atoms with E-state index in [9.17, 15) is 4.79 Å². The number of nitrogen functional groups attached to an aromatic ring is 1. The van der Waals surface area contributed by atoms with Gasteiger partial charge in [-0.1, -0.05) is 20.3 Å². The lowest BCUT2D eigenvalue weighted by atomic mass is 10.1. The first kappa shape index (κ1) is 16.3. The van der Waals surface area contributed by atoms with Crippen LogP contribution in [0.5, 0.6) is 5.75 Å². The Balaban J connectivity index is 3.07. The Kier molecular flexibility index (Phi) is 6.36. The molecule has 4 nitrogen and oxygen atoms in total. The fraction of sp³-hybridized carbons (Fsp3) is 0.562. The molecule has 1 rings (SSSR count). The van der Waals surface area contributed by atoms with Gasteiger partial charge >= 0.3 is 0 Å². The number of hydrogen-bond donors (Lipinski definition) is 1. The quantitative estimate of drug-likeness (QED) is 0.778. The Morgan fingerprint density at radius 1 is 1.40 bits per heavy atom. The highest BCUT2D eigenvalue weighted by atomic mass is 16.5. The molecular weight excluding hydrogens is 252 g/mol. The highest BCUT2D eigenvalue weighted by molar-refractivity contribution is 5.98. The maximum absolute atomic E-state index is 12.8. The third kappa shape index (κ3) is 3.89. The number of benzene rings is 1. The van der Waals surface area contributed by atoms with Gasteiger partial charge in [0.25, 0.3) is 5.91 Å². The Bertz CT molecular complexity index is 446. The average Bonchev–Trinajstić information content (AvgIpc) is 2.46. The van der Waals surface area contributed by atoms with E-state index >= 15 is 0 Å². The second kappa shape index (κ2) is 7.78. The van der Waals surface area contributed by atoms with Crippen molar-refractivity contribution in [3.8, 4) is 5.75 Å². The molecule has 1 unspecified atom stereocenters. The molecule has 0 aliphatic carbocycles. The number of anilines is 1. The van der Waals surface area contributed by atoms with Crippen molar-refractivity contribution in [3.05, 3.63) is 23.8 Å². The molecule has 1 amide bonds. The van der Waals surface area contributed by atoms with Crippen LogP contribution in [0, 0.1) is 0 Å². The molecule has 112 valence electrons. The predicted octanol–water partition coefficient (Wildman–Crippen LogP) is 3.32. The standard InChI is InChI=1S/C16H26N2O2/c1-5-7-10-18(12(3)6-2)16(19)14-11-13(17)8-9-15(14)20-4/h8-9,11-12H,5-7,10,17H2,1-4H3. The summed E-state index contributed by atoms with van der Waals surface area (Å²) in [5, 5.41) is 0. The fourth-order valence-electron chi connectivity index (χ4n) is 2.12. The Hall–Kier alpha value is -1.71. The first-order chi connectivity index (χ1) is 9.54. The normalized spacial score (nSPS) is 12.0. The molecular formula is C16H26N2O2. The largest absolute Gasteiger partial charge is 0.496 e. The maximum atomic E-state index is 12.8. The van der Waals surface area contributed by atoms with Crippen LogP contribution in [0.25, 0.3) is 0 Å². The molecule has 0 saturated heterocycles. The fourth-order valence-corrected chi connectivity index (χ4v) is 2.12. The van der Waals surface area contributed by atoms with E-state index in [1.165, 1.54) is 0 Å². The third-order valence-electron chi connectivity index (χ3n) is 3.59. The van der Waals surface area contributed by atoms with Crippen molar-refractivity contribution < 1.29 is 9.53 Å². The highest BCUT2D eigenvalue weighted by Gasteiger charge is 2.23. The Morgan fingerprint density at radius 2 is 2.10 bits per heavy atom. The highest BCUT2D eigenvalue weighted by Crippen LogP contribution is 2.24. The van der Waals surface area contributed by atoms with Gasteiger partial charge in [0.2, 0.25) is 0 Å². The summed E-state index contributed by atoms with van der Waals surface area (Å²) in [5.74, 6) is 0.575. The number of unbranched alkanes of at least 4 members (excludes halogenated alkanes) is 1. The molecule has 0 aromatic heterocycles. The van der Waals surface area contributed by atoms with Crippen LogP contribution in [-0.2, 0) is 0 Å². The summed E-state index contributed by atoms with van der Waals surface area (Å²) in [5.41, 5.74) is 6.93. The number of rotatable bonds is 7. The van der Waals surface area contributed by atoms with Gasteiger partial charge in [-0.3, -0.25) is 4.79 Å². The average molecular weight is 278 g/mol. The number of hydrogen-bond acceptors (Lipinski definition) is 3. The molecule has 0 spiro atoms. The lowest BCUT2D eigenvalue weighted by Crippen LogP contribution is -2.39. The lowest BCUT2D eigenvalue weighted by Gasteiger charge is -2.29. The van der Waals surface area contributed by atoms with E-state index < -0.39 is 0 Å². The van der Waals surface area contributed by atoms with Crippen LogP contribution >= 0.6 is 0 Å². The van der Waals surface area contributed by atoms with Crippen molar-refractivity contribution in [1.82, 2.24) is 4.90 Å². The number of nitrogens with zero attached hydrogens (tertiary/aromatic N) is 1. The smallest absolute Gasteiger partial charge is 0.257 e. The third-order valence-corrected chi connectivity index (χ3v) is 3.59. The van der Waals surface area contributed by atoms with Crippen molar-refractivity contribution in [2.75, 3.05) is 19.4 Å². The van der Waals surface area contributed by atoms with Crippen LogP contribution in [0.2, 0.25) is 0 Å². The van der Waals surface area contributed by atoms with E-state index in [0.29, 0.717) is 17.0 Å². The number of methoxy groups -OCH3 is 1. The van der Waals surface area contributed by atoms with Gasteiger partial charge in [0.1, 0.15) is 5.75 Å². The van der Waals surface area contributed by atoms with Crippen molar-refractivity contribution in [2.45, 2.75) is 46.1 Å². The second-order valence-electron chi connectivity index (χ2n) is 5.07. The molecule has 0 saturated carbocycles. The summed E-state index contributed by atoms with van der Waals surface area (Å²) >= 11 is 0. The minimum Gasteiger partial charge on any atom is -0.496 e. The topological polar surface area (TPSA) is 55.6 Å². The number of carbonyl (C=O) groups is 1. The van der Waals surface area contributed by atoms with Gasteiger partial charge in [-0.05, 0) is 38.0 Å². The van der Waals surface area contributed by atoms with Crippen LogP contribution in [-0.4, -0.2) is 30.5 Å². The summed E-state index contributed by atoms with van der Waals surface area (Å²) < 4.78 is 5.29. The molecule has 1 aromatic rings. The van der Waals surface area contributed by atoms with E-state index in [-0.39, 0.29) is 11.9 Å². The monoisotopic (exact) mass is 278 g/mol. The molecule has 0 aliphatic heterocycles. The van der Waals surface area contributed by atoms with Gasteiger partial charge in [0.15, 0.2) is 0 Å². The van der Waals surface area contributed by atoms with Crippen LogP contribution in [0.3, 0.4) is 0 Å². The van der Waals surface area contributed by atoms with E-state index in [4.69, 9.17) is 10.5 Å². The van der Waals surface area contributed by atoms with Gasteiger partial charge in [0, 0.05) is 18.3 Å². The zero-order chi connectivity index (χ0) is 15.1. The predicted molar refractivity (Wildman–Crippen MR) is 83.1 cm³/mol. The number of amides is 1. The van der Waals surface area contributed by atoms with Crippen molar-refractivity contribution in [2.24, 2.45) is 0 Å². The van der Waals surface area contributed by atoms with Gasteiger partial charge in [0.05, 0.1) is 12.7 Å². The van der Waals surface area contributed by atoms with Gasteiger partial charge in [-0.2, -0.15) is 0 Å². The van der Waals surface area contributed by atoms with Gasteiger partial charge in [-0.25, -0.2) is 0 Å². The van der Waals surface area contributed by atoms with E-state index in [2.05, 4.69) is 20.8 Å². The Morgan fingerprint density at radius 3 is 2.65 bits per heavy atom. The maximum Gasteiger partial charge on any atom is 0.257 e. The van der Waals surface area contributed by atoms with Crippen LogP contribution in [0.4, 0.5) is 5.69 Å². The lowest BCUT2D eigenvalue weighted by molar-refractivity contribution is 0.0682. The molecule has 4 heteroatoms. The first-order valence-electron chi connectivity index (χ1n) is 7.29. The summed E-state index contributed by atoms with van der Waals surface area (Å²) in [7, 11) is 1.57. The number of ether oxygens (including phenoxy) is 1. The van der Waals surface area contributed by atoms with E-state index in [1.54, 1.807) is 25.3 Å². The van der Waals surface area contributed by atoms with E-state index in [1.807, 2.05) is 4.90 Å². The van der Waals surface area contributed by atoms with Crippen molar-refractivity contribution in [3.63, 3.8) is 0 Å². The molecule has 1 atom stereocenters. The molecule has 1 aromatic carbocycles. The minimum atomic E-state index is -0.00282. The zero-order valence-corrected chi connectivity index (χ0v) is 13.0. The number of carbonyl (C=O) groups excluding carboxylic acids is 1. The SMILES string of the molecule is CCCCN(C(=O)c1cc(N)ccc1OC)C(C)CC. The summed E-state index contributed by atoms with van der Waals surface area (Å²) in [6.45, 7) is 7.06. The molecule has 0 aliphatic rings. The second-order valence-corrected chi connectivity index (χ2v) is 5.07. The van der Waals surface area contributed by atoms with Crippen molar-refractivity contribution in [1.29, 1.82) is 0 Å². The summed E-state index contributed by atoms with van der Waals surface area (Å²) in [6.07, 6.45) is 3.00. The molecule has 0 bridgehead atoms. The minimum absolute atomic E-state index is 0.00282. The summed E-state index contributed by atoms with van der Waals surface area (Å²) in [6, 6.07) is 5.40. The molecule has 0 heterocycles. The van der Waals surface area contributed by atoms with Gasteiger partial charge in [-0.15, -0.1) is 0 Å². The van der Waals surface area contributed by atoms with Crippen molar-refractivity contribution >= 4 is 11.6 Å². The van der Waals surface area contributed by atoms with Gasteiger partial charge < -0.3 is 15.4 Å². The van der Waals surface area contributed by atoms with Crippen LogP contribution in [0.1, 0.15) is 50.4 Å². The molecule has 20 heavy (non-hydrogen) atoms. The number of nitrogens with two attached hydrogens (primary N) is 1. The molecule has 0 fully saturated rings. The van der Waals surface area contributed by atoms with Crippen LogP contribution < -0.4 is 10.5 Å². The van der Waals surface area contributed by atoms with Crippen LogP contribution in [0.15, 0.2) is 18.2 Å².